The molecule has 1 aliphatic heterocycles. The van der Waals surface area contributed by atoms with Gasteiger partial charge in [-0.2, -0.15) is 0 Å². The van der Waals surface area contributed by atoms with E-state index in [9.17, 15) is 4.79 Å². The van der Waals surface area contributed by atoms with Crippen LogP contribution in [0, 0.1) is 20.8 Å². The van der Waals surface area contributed by atoms with Gasteiger partial charge in [0.15, 0.2) is 0 Å². The molecule has 0 aliphatic carbocycles. The molecule has 23 heavy (non-hydrogen) atoms. The van der Waals surface area contributed by atoms with Crippen LogP contribution in [0.3, 0.4) is 0 Å². The van der Waals surface area contributed by atoms with Crippen LogP contribution < -0.4 is 0 Å². The summed E-state index contributed by atoms with van der Waals surface area (Å²) in [4.78, 5) is 26.0. The van der Waals surface area contributed by atoms with Gasteiger partial charge >= 0.3 is 0 Å². The van der Waals surface area contributed by atoms with E-state index in [1.165, 1.54) is 23.3 Å². The average molecular weight is 350 g/mol. The fraction of sp³-hybridized carbons (Fsp3) is 0.588. The highest BCUT2D eigenvalue weighted by Crippen LogP contribution is 2.35. The molecule has 1 fully saturated rings. The van der Waals surface area contributed by atoms with E-state index in [0.29, 0.717) is 5.75 Å². The molecule has 0 unspecified atom stereocenters. The summed E-state index contributed by atoms with van der Waals surface area (Å²) in [6.07, 6.45) is 4.76. The van der Waals surface area contributed by atoms with Gasteiger partial charge in [0.1, 0.15) is 15.7 Å². The van der Waals surface area contributed by atoms with E-state index in [0.717, 1.165) is 47.0 Å². The minimum absolute atomic E-state index is 0.242. The van der Waals surface area contributed by atoms with Crippen molar-refractivity contribution < 1.29 is 4.79 Å². The van der Waals surface area contributed by atoms with Crippen LogP contribution in [0.4, 0.5) is 0 Å². The van der Waals surface area contributed by atoms with E-state index in [4.69, 9.17) is 0 Å². The SMILES string of the molecule is Cc1nc(SCC(=O)N2CCCCCC2)c2c(C)c(C)sc2n1. The van der Waals surface area contributed by atoms with Crippen molar-refractivity contribution >= 4 is 39.2 Å². The second-order valence-electron chi connectivity index (χ2n) is 6.12. The lowest BCUT2D eigenvalue weighted by Crippen LogP contribution is -2.33. The third kappa shape index (κ3) is 3.69. The van der Waals surface area contributed by atoms with Gasteiger partial charge in [-0.25, -0.2) is 9.97 Å². The van der Waals surface area contributed by atoms with Crippen molar-refractivity contribution in [2.24, 2.45) is 0 Å². The summed E-state index contributed by atoms with van der Waals surface area (Å²) >= 11 is 3.28. The van der Waals surface area contributed by atoms with Crippen molar-refractivity contribution in [2.75, 3.05) is 18.8 Å². The number of thiophene rings is 1. The molecule has 0 atom stereocenters. The van der Waals surface area contributed by atoms with Crippen molar-refractivity contribution in [3.63, 3.8) is 0 Å². The number of likely N-dealkylation sites (tertiary alicyclic amines) is 1. The molecule has 6 heteroatoms. The lowest BCUT2D eigenvalue weighted by Gasteiger charge is -2.20. The Morgan fingerprint density at radius 3 is 2.52 bits per heavy atom. The molecule has 2 aromatic rings. The Labute approximate surface area is 145 Å². The maximum atomic E-state index is 12.5. The largest absolute Gasteiger partial charge is 0.342 e. The van der Waals surface area contributed by atoms with Gasteiger partial charge in [0.2, 0.25) is 5.91 Å². The first-order valence-corrected chi connectivity index (χ1v) is 10.0. The van der Waals surface area contributed by atoms with Crippen LogP contribution in [-0.4, -0.2) is 39.6 Å². The lowest BCUT2D eigenvalue weighted by molar-refractivity contribution is -0.128. The van der Waals surface area contributed by atoms with Crippen LogP contribution in [0.25, 0.3) is 10.2 Å². The topological polar surface area (TPSA) is 46.1 Å². The summed E-state index contributed by atoms with van der Waals surface area (Å²) in [6.45, 7) is 7.98. The quantitative estimate of drug-likeness (QED) is 0.618. The Hall–Kier alpha value is -1.14. The first-order chi connectivity index (χ1) is 11.1. The number of carbonyl (C=O) groups is 1. The number of aromatic nitrogens is 2. The normalized spacial score (nSPS) is 15.9. The molecule has 3 heterocycles. The highest BCUT2D eigenvalue weighted by atomic mass is 32.2. The minimum atomic E-state index is 0.242. The molecule has 3 rings (SSSR count). The van der Waals surface area contributed by atoms with Gasteiger partial charge in [-0.3, -0.25) is 4.79 Å². The molecule has 0 N–H and O–H groups in total. The summed E-state index contributed by atoms with van der Waals surface area (Å²) in [5.41, 5.74) is 1.25. The molecule has 0 spiro atoms. The predicted molar refractivity (Wildman–Crippen MR) is 97.4 cm³/mol. The van der Waals surface area contributed by atoms with E-state index in [1.807, 2.05) is 11.8 Å². The minimum Gasteiger partial charge on any atom is -0.342 e. The van der Waals surface area contributed by atoms with Crippen LogP contribution in [0.2, 0.25) is 0 Å². The standard InChI is InChI=1S/C17H23N3OS2/c1-11-12(2)23-17-15(11)16(18-13(3)19-17)22-10-14(21)20-8-6-4-5-7-9-20/h4-10H2,1-3H3. The third-order valence-corrected chi connectivity index (χ3v) is 6.46. The number of hydrogen-bond donors (Lipinski definition) is 0. The molecule has 0 saturated carbocycles. The molecule has 1 amide bonds. The summed E-state index contributed by atoms with van der Waals surface area (Å²) in [6, 6.07) is 0. The van der Waals surface area contributed by atoms with Crippen molar-refractivity contribution in [1.82, 2.24) is 14.9 Å². The van der Waals surface area contributed by atoms with Gasteiger partial charge in [-0.15, -0.1) is 11.3 Å². The van der Waals surface area contributed by atoms with Crippen molar-refractivity contribution in [3.8, 4) is 0 Å². The molecule has 1 aliphatic rings. The molecule has 2 aromatic heterocycles. The monoisotopic (exact) mass is 349 g/mol. The zero-order valence-corrected chi connectivity index (χ0v) is 15.6. The number of rotatable bonds is 3. The van der Waals surface area contributed by atoms with Crippen molar-refractivity contribution in [1.29, 1.82) is 0 Å². The van der Waals surface area contributed by atoms with E-state index in [1.54, 1.807) is 23.1 Å². The van der Waals surface area contributed by atoms with Crippen LogP contribution >= 0.6 is 23.1 Å². The van der Waals surface area contributed by atoms with Crippen LogP contribution in [0.1, 0.15) is 41.9 Å². The maximum absolute atomic E-state index is 12.5. The van der Waals surface area contributed by atoms with E-state index < -0.39 is 0 Å². The van der Waals surface area contributed by atoms with Gasteiger partial charge in [0, 0.05) is 23.4 Å². The number of hydrogen-bond acceptors (Lipinski definition) is 5. The van der Waals surface area contributed by atoms with Crippen molar-refractivity contribution in [3.05, 3.63) is 16.3 Å². The third-order valence-electron chi connectivity index (χ3n) is 4.40. The molecular weight excluding hydrogens is 326 g/mol. The number of thioether (sulfide) groups is 1. The Bertz CT molecular complexity index is 718. The molecule has 0 radical (unpaired) electrons. The zero-order chi connectivity index (χ0) is 16.4. The first-order valence-electron chi connectivity index (χ1n) is 8.21. The fourth-order valence-corrected chi connectivity index (χ4v) is 5.13. The van der Waals surface area contributed by atoms with E-state index in [-0.39, 0.29) is 5.91 Å². The second kappa shape index (κ2) is 7.18. The second-order valence-corrected chi connectivity index (χ2v) is 8.29. The fourth-order valence-electron chi connectivity index (χ4n) is 2.96. The zero-order valence-electron chi connectivity index (χ0n) is 14.0. The highest BCUT2D eigenvalue weighted by Gasteiger charge is 2.18. The van der Waals surface area contributed by atoms with Gasteiger partial charge in [0.05, 0.1) is 5.75 Å². The number of amides is 1. The summed E-state index contributed by atoms with van der Waals surface area (Å²) in [5.74, 6) is 1.49. The summed E-state index contributed by atoms with van der Waals surface area (Å²) < 4.78 is 0. The van der Waals surface area contributed by atoms with Crippen LogP contribution in [-0.2, 0) is 4.79 Å². The number of nitrogens with zero attached hydrogens (tertiary/aromatic N) is 3. The number of fused-ring (bicyclic) bond motifs is 1. The molecular formula is C17H23N3OS2. The molecule has 4 nitrogen and oxygen atoms in total. The number of aryl methyl sites for hydroxylation is 3. The van der Waals surface area contributed by atoms with Gasteiger partial charge in [-0.05, 0) is 39.2 Å². The molecule has 0 bridgehead atoms. The smallest absolute Gasteiger partial charge is 0.232 e. The van der Waals surface area contributed by atoms with E-state index >= 15 is 0 Å². The van der Waals surface area contributed by atoms with Gasteiger partial charge in [0.25, 0.3) is 0 Å². The Balaban J connectivity index is 1.77. The highest BCUT2D eigenvalue weighted by molar-refractivity contribution is 8.00. The first kappa shape index (κ1) is 16.7. The lowest BCUT2D eigenvalue weighted by atomic mass is 10.2. The molecule has 1 saturated heterocycles. The van der Waals surface area contributed by atoms with Crippen LogP contribution in [0.5, 0.6) is 0 Å². The summed E-state index contributed by atoms with van der Waals surface area (Å²) in [7, 11) is 0. The van der Waals surface area contributed by atoms with Crippen LogP contribution in [0.15, 0.2) is 5.03 Å². The number of carbonyl (C=O) groups excluding carboxylic acids is 1. The Morgan fingerprint density at radius 2 is 1.83 bits per heavy atom. The summed E-state index contributed by atoms with van der Waals surface area (Å²) in [5, 5.41) is 2.09. The molecule has 0 aromatic carbocycles. The maximum Gasteiger partial charge on any atom is 0.232 e. The van der Waals surface area contributed by atoms with E-state index in [2.05, 4.69) is 23.8 Å². The Kier molecular flexibility index (Phi) is 5.21. The van der Waals surface area contributed by atoms with Crippen molar-refractivity contribution in [2.45, 2.75) is 51.5 Å². The van der Waals surface area contributed by atoms with Gasteiger partial charge < -0.3 is 4.90 Å². The molecule has 124 valence electrons. The van der Waals surface area contributed by atoms with Gasteiger partial charge in [-0.1, -0.05) is 24.6 Å². The average Bonchev–Trinajstić information content (AvgIpc) is 2.73. The predicted octanol–water partition coefficient (Wildman–Crippen LogP) is 4.11. The Morgan fingerprint density at radius 1 is 1.13 bits per heavy atom.